The van der Waals surface area contributed by atoms with E-state index >= 15 is 0 Å². The van der Waals surface area contributed by atoms with Crippen molar-refractivity contribution in [2.45, 2.75) is 27.7 Å². The van der Waals surface area contributed by atoms with Crippen LogP contribution in [0.15, 0.2) is 54.6 Å². The Morgan fingerprint density at radius 3 is 2.14 bits per heavy atom. The maximum atomic E-state index is 12.2. The van der Waals surface area contributed by atoms with Crippen LogP contribution in [0.3, 0.4) is 0 Å². The summed E-state index contributed by atoms with van der Waals surface area (Å²) in [5.41, 5.74) is -0.170. The highest BCUT2D eigenvalue weighted by molar-refractivity contribution is 5.91. The molecule has 0 aliphatic rings. The SMILES string of the molecule is C=C/C(=C\C)C(=O)OCC(C)(COC(=O)c1ccccc1)COC(=O)C(C)C. The van der Waals surface area contributed by atoms with Gasteiger partial charge in [-0.1, -0.05) is 50.8 Å². The monoisotopic (exact) mass is 388 g/mol. The van der Waals surface area contributed by atoms with Crippen LogP contribution in [0.25, 0.3) is 0 Å². The van der Waals surface area contributed by atoms with Gasteiger partial charge in [0.25, 0.3) is 0 Å². The van der Waals surface area contributed by atoms with Crippen LogP contribution in [0.2, 0.25) is 0 Å². The third kappa shape index (κ3) is 7.39. The topological polar surface area (TPSA) is 78.9 Å². The summed E-state index contributed by atoms with van der Waals surface area (Å²) >= 11 is 0. The first-order valence-electron chi connectivity index (χ1n) is 9.07. The van der Waals surface area contributed by atoms with Gasteiger partial charge in [0.1, 0.15) is 19.8 Å². The van der Waals surface area contributed by atoms with Crippen molar-refractivity contribution in [3.05, 3.63) is 60.2 Å². The normalized spacial score (nSPS) is 13.4. The van der Waals surface area contributed by atoms with Crippen molar-refractivity contribution in [3.63, 3.8) is 0 Å². The zero-order valence-electron chi connectivity index (χ0n) is 16.9. The molecule has 0 heterocycles. The molecule has 152 valence electrons. The van der Waals surface area contributed by atoms with E-state index in [2.05, 4.69) is 6.58 Å². The predicted octanol–water partition coefficient (Wildman–Crippen LogP) is 3.72. The summed E-state index contributed by atoms with van der Waals surface area (Å²) in [6.45, 7) is 10.2. The van der Waals surface area contributed by atoms with Gasteiger partial charge in [-0.3, -0.25) is 4.79 Å². The zero-order chi connectivity index (χ0) is 21.2. The molecule has 28 heavy (non-hydrogen) atoms. The lowest BCUT2D eigenvalue weighted by molar-refractivity contribution is -0.155. The van der Waals surface area contributed by atoms with Crippen molar-refractivity contribution in [1.82, 2.24) is 0 Å². The molecule has 0 N–H and O–H groups in total. The number of carbonyl (C=O) groups is 3. The molecule has 6 nitrogen and oxygen atoms in total. The molecule has 0 aliphatic heterocycles. The Kier molecular flexibility index (Phi) is 9.15. The average molecular weight is 388 g/mol. The number of ether oxygens (including phenoxy) is 3. The molecule has 1 aromatic rings. The lowest BCUT2D eigenvalue weighted by Gasteiger charge is -2.28. The summed E-state index contributed by atoms with van der Waals surface area (Å²) in [6, 6.07) is 8.54. The first-order chi connectivity index (χ1) is 13.2. The fraction of sp³-hybridized carbons (Fsp3) is 0.409. The van der Waals surface area contributed by atoms with Crippen LogP contribution in [0, 0.1) is 11.3 Å². The molecule has 0 spiro atoms. The van der Waals surface area contributed by atoms with E-state index in [0.717, 1.165) is 0 Å². The van der Waals surface area contributed by atoms with E-state index < -0.39 is 17.4 Å². The Labute approximate surface area is 166 Å². The molecule has 0 saturated carbocycles. The standard InChI is InChI=1S/C22H28O6/c1-6-17(7-2)20(24)27-14-22(5,13-26-19(23)16(3)4)15-28-21(25)18-11-9-8-10-12-18/h6-12,16H,1,13-15H2,2-5H3/b17-7+. The van der Waals surface area contributed by atoms with E-state index in [1.54, 1.807) is 64.1 Å². The molecular weight excluding hydrogens is 360 g/mol. The fourth-order valence-electron chi connectivity index (χ4n) is 2.08. The highest BCUT2D eigenvalue weighted by Crippen LogP contribution is 2.21. The maximum absolute atomic E-state index is 12.2. The minimum atomic E-state index is -0.898. The minimum Gasteiger partial charge on any atom is -0.465 e. The van der Waals surface area contributed by atoms with Gasteiger partial charge in [0.05, 0.1) is 22.5 Å². The van der Waals surface area contributed by atoms with Crippen LogP contribution in [0.1, 0.15) is 38.1 Å². The van der Waals surface area contributed by atoms with Gasteiger partial charge in [-0.15, -0.1) is 0 Å². The van der Waals surface area contributed by atoms with E-state index in [1.807, 2.05) is 0 Å². The van der Waals surface area contributed by atoms with E-state index in [9.17, 15) is 14.4 Å². The predicted molar refractivity (Wildman–Crippen MR) is 106 cm³/mol. The average Bonchev–Trinajstić information content (AvgIpc) is 2.70. The summed E-state index contributed by atoms with van der Waals surface area (Å²) in [5.74, 6) is -1.73. The largest absolute Gasteiger partial charge is 0.465 e. The summed E-state index contributed by atoms with van der Waals surface area (Å²) in [5, 5.41) is 0. The van der Waals surface area contributed by atoms with Gasteiger partial charge in [0.2, 0.25) is 0 Å². The molecule has 0 bridgehead atoms. The van der Waals surface area contributed by atoms with Gasteiger partial charge in [-0.05, 0) is 26.0 Å². The second-order valence-electron chi connectivity index (χ2n) is 7.04. The number of rotatable bonds is 10. The number of allylic oxidation sites excluding steroid dienone is 1. The molecule has 0 aromatic heterocycles. The second kappa shape index (κ2) is 11.1. The Bertz CT molecular complexity index is 720. The van der Waals surface area contributed by atoms with Crippen molar-refractivity contribution in [3.8, 4) is 0 Å². The van der Waals surface area contributed by atoms with E-state index in [4.69, 9.17) is 14.2 Å². The molecular formula is C22H28O6. The van der Waals surface area contributed by atoms with Gasteiger partial charge < -0.3 is 14.2 Å². The third-order valence-electron chi connectivity index (χ3n) is 3.91. The highest BCUT2D eigenvalue weighted by Gasteiger charge is 2.31. The van der Waals surface area contributed by atoms with E-state index in [1.165, 1.54) is 6.08 Å². The Morgan fingerprint density at radius 1 is 1.04 bits per heavy atom. The van der Waals surface area contributed by atoms with Gasteiger partial charge >= 0.3 is 17.9 Å². The fourth-order valence-corrected chi connectivity index (χ4v) is 2.08. The molecule has 0 amide bonds. The molecule has 1 rings (SSSR count). The van der Waals surface area contributed by atoms with Crippen molar-refractivity contribution in [2.24, 2.45) is 11.3 Å². The maximum Gasteiger partial charge on any atom is 0.338 e. The summed E-state index contributed by atoms with van der Waals surface area (Å²) in [6.07, 6.45) is 2.98. The summed E-state index contributed by atoms with van der Waals surface area (Å²) in [7, 11) is 0. The summed E-state index contributed by atoms with van der Waals surface area (Å²) < 4.78 is 16.0. The van der Waals surface area contributed by atoms with Gasteiger partial charge in [0, 0.05) is 0 Å². The van der Waals surface area contributed by atoms with Crippen LogP contribution in [-0.2, 0) is 23.8 Å². The van der Waals surface area contributed by atoms with Crippen LogP contribution in [-0.4, -0.2) is 37.7 Å². The third-order valence-corrected chi connectivity index (χ3v) is 3.91. The smallest absolute Gasteiger partial charge is 0.338 e. The molecule has 1 atom stereocenters. The lowest BCUT2D eigenvalue weighted by Crippen LogP contribution is -2.37. The van der Waals surface area contributed by atoms with Crippen molar-refractivity contribution in [1.29, 1.82) is 0 Å². The van der Waals surface area contributed by atoms with Gasteiger partial charge in [0.15, 0.2) is 0 Å². The van der Waals surface area contributed by atoms with E-state index in [-0.39, 0.29) is 31.7 Å². The summed E-state index contributed by atoms with van der Waals surface area (Å²) in [4.78, 5) is 36.1. The number of hydrogen-bond acceptors (Lipinski definition) is 6. The van der Waals surface area contributed by atoms with Crippen molar-refractivity contribution >= 4 is 17.9 Å². The number of carbonyl (C=O) groups excluding carboxylic acids is 3. The lowest BCUT2D eigenvalue weighted by atomic mass is 9.94. The highest BCUT2D eigenvalue weighted by atomic mass is 16.6. The minimum absolute atomic E-state index is 0.0569. The molecule has 0 saturated heterocycles. The molecule has 1 unspecified atom stereocenters. The van der Waals surface area contributed by atoms with Gasteiger partial charge in [-0.25, -0.2) is 9.59 Å². The second-order valence-corrected chi connectivity index (χ2v) is 7.04. The molecule has 0 fully saturated rings. The quantitative estimate of drug-likeness (QED) is 0.263. The van der Waals surface area contributed by atoms with Crippen molar-refractivity contribution in [2.75, 3.05) is 19.8 Å². The Morgan fingerprint density at radius 2 is 1.61 bits per heavy atom. The number of hydrogen-bond donors (Lipinski definition) is 0. The first-order valence-corrected chi connectivity index (χ1v) is 9.07. The number of benzene rings is 1. The van der Waals surface area contributed by atoms with Crippen molar-refractivity contribution < 1.29 is 28.6 Å². The van der Waals surface area contributed by atoms with Crippen LogP contribution >= 0.6 is 0 Å². The van der Waals surface area contributed by atoms with Crippen LogP contribution in [0.5, 0.6) is 0 Å². The van der Waals surface area contributed by atoms with Gasteiger partial charge in [-0.2, -0.15) is 0 Å². The molecule has 1 aromatic carbocycles. The molecule has 0 radical (unpaired) electrons. The zero-order valence-corrected chi connectivity index (χ0v) is 16.9. The number of esters is 3. The Hall–Kier alpha value is -2.89. The molecule has 6 heteroatoms. The van der Waals surface area contributed by atoms with Crippen LogP contribution < -0.4 is 0 Å². The van der Waals surface area contributed by atoms with E-state index in [0.29, 0.717) is 11.1 Å². The molecule has 0 aliphatic carbocycles. The Balaban J connectivity index is 2.81. The first kappa shape index (κ1) is 23.1. The van der Waals surface area contributed by atoms with Crippen LogP contribution in [0.4, 0.5) is 0 Å².